The molecule has 0 radical (unpaired) electrons. The van der Waals surface area contributed by atoms with E-state index in [0.717, 1.165) is 12.8 Å². The van der Waals surface area contributed by atoms with Gasteiger partial charge >= 0.3 is 6.09 Å². The van der Waals surface area contributed by atoms with E-state index in [0.29, 0.717) is 34.5 Å². The highest BCUT2D eigenvalue weighted by Gasteiger charge is 2.24. The van der Waals surface area contributed by atoms with E-state index in [1.807, 2.05) is 26.8 Å². The van der Waals surface area contributed by atoms with Crippen LogP contribution in [0.15, 0.2) is 24.4 Å². The molecule has 0 aliphatic carbocycles. The first-order valence-electron chi connectivity index (χ1n) is 10.3. The molecule has 0 spiro atoms. The summed E-state index contributed by atoms with van der Waals surface area (Å²) >= 11 is 6.30. The summed E-state index contributed by atoms with van der Waals surface area (Å²) in [6.45, 7) is 5.90. The van der Waals surface area contributed by atoms with Gasteiger partial charge in [0, 0.05) is 17.1 Å². The number of benzene rings is 1. The fourth-order valence-corrected chi connectivity index (χ4v) is 3.67. The summed E-state index contributed by atoms with van der Waals surface area (Å²) in [5.41, 5.74) is 0.533. The Morgan fingerprint density at radius 3 is 2.81 bits per heavy atom. The summed E-state index contributed by atoms with van der Waals surface area (Å²) < 4.78 is 31.1. The molecule has 8 heteroatoms. The molecular weight excluding hydrogens is 423 g/mol. The molecule has 31 heavy (non-hydrogen) atoms. The lowest BCUT2D eigenvalue weighted by atomic mass is 10.0. The average molecular weight is 451 g/mol. The van der Waals surface area contributed by atoms with Gasteiger partial charge in [-0.15, -0.1) is 0 Å². The van der Waals surface area contributed by atoms with Gasteiger partial charge in [0.15, 0.2) is 11.6 Å². The number of carbonyl (C=O) groups is 1. The lowest BCUT2D eigenvalue weighted by molar-refractivity contribution is -0.00608. The van der Waals surface area contributed by atoms with Crippen LogP contribution in [0.2, 0.25) is 5.02 Å². The predicted octanol–water partition coefficient (Wildman–Crippen LogP) is 5.51. The van der Waals surface area contributed by atoms with Crippen LogP contribution in [0.3, 0.4) is 0 Å². The number of halogens is 2. The summed E-state index contributed by atoms with van der Waals surface area (Å²) in [5.74, 6) is -0.343. The number of ether oxygens (including phenoxy) is 3. The molecule has 1 aromatic carbocycles. The zero-order valence-electron chi connectivity index (χ0n) is 18.2. The molecule has 2 aromatic rings. The maximum absolute atomic E-state index is 14.8. The summed E-state index contributed by atoms with van der Waals surface area (Å²) in [4.78, 5) is 16.1. The Kier molecular flexibility index (Phi) is 7.38. The molecule has 1 saturated heterocycles. The van der Waals surface area contributed by atoms with Crippen molar-refractivity contribution in [3.8, 4) is 5.75 Å². The zero-order chi connectivity index (χ0) is 22.6. The van der Waals surface area contributed by atoms with Gasteiger partial charge in [0.2, 0.25) is 0 Å². The molecule has 2 atom stereocenters. The molecule has 1 N–H and O–H groups in total. The van der Waals surface area contributed by atoms with Crippen LogP contribution in [0, 0.1) is 5.82 Å². The van der Waals surface area contributed by atoms with Gasteiger partial charge in [-0.25, -0.2) is 9.18 Å². The van der Waals surface area contributed by atoms with Crippen LogP contribution in [0.4, 0.5) is 9.18 Å². The van der Waals surface area contributed by atoms with E-state index in [1.54, 1.807) is 18.2 Å². The molecule has 1 fully saturated rings. The third kappa shape index (κ3) is 6.08. The van der Waals surface area contributed by atoms with Gasteiger partial charge in [-0.1, -0.05) is 23.8 Å². The fourth-order valence-electron chi connectivity index (χ4n) is 3.46. The summed E-state index contributed by atoms with van der Waals surface area (Å²) in [6.07, 6.45) is 7.04. The van der Waals surface area contributed by atoms with Crippen LogP contribution in [0.5, 0.6) is 5.75 Å². The number of hydrogen-bond donors (Lipinski definition) is 1. The van der Waals surface area contributed by atoms with Crippen molar-refractivity contribution in [1.29, 1.82) is 0 Å². The maximum atomic E-state index is 14.8. The van der Waals surface area contributed by atoms with Crippen molar-refractivity contribution < 1.29 is 23.4 Å². The Balaban J connectivity index is 1.60. The third-order valence-corrected chi connectivity index (χ3v) is 5.22. The number of alkyl carbamates (subject to hydrolysis) is 1. The molecule has 0 saturated carbocycles. The van der Waals surface area contributed by atoms with Gasteiger partial charge in [0.1, 0.15) is 5.60 Å². The highest BCUT2D eigenvalue weighted by molar-refractivity contribution is 6.33. The monoisotopic (exact) mass is 450 g/mol. The molecule has 1 amide bonds. The minimum absolute atomic E-state index is 0.0131. The van der Waals surface area contributed by atoms with Crippen LogP contribution in [-0.4, -0.2) is 42.5 Å². The number of aromatic nitrogens is 1. The highest BCUT2D eigenvalue weighted by atomic mass is 35.5. The van der Waals surface area contributed by atoms with E-state index in [1.165, 1.54) is 13.3 Å². The molecule has 6 nitrogen and oxygen atoms in total. The van der Waals surface area contributed by atoms with Crippen molar-refractivity contribution in [3.05, 3.63) is 40.8 Å². The van der Waals surface area contributed by atoms with Gasteiger partial charge in [-0.2, -0.15) is 0 Å². The number of methoxy groups -OCH3 is 1. The molecule has 168 valence electrons. The topological polar surface area (TPSA) is 69.7 Å². The first-order chi connectivity index (χ1) is 14.7. The minimum atomic E-state index is -0.533. The number of carbonyl (C=O) groups excluding carboxylic acids is 1. The minimum Gasteiger partial charge on any atom is -0.494 e. The Bertz CT molecular complexity index is 966. The van der Waals surface area contributed by atoms with Crippen molar-refractivity contribution in [1.82, 2.24) is 10.3 Å². The van der Waals surface area contributed by atoms with Gasteiger partial charge in [-0.05, 0) is 52.2 Å². The van der Waals surface area contributed by atoms with Crippen LogP contribution in [0.1, 0.15) is 45.6 Å². The predicted molar refractivity (Wildman–Crippen MR) is 119 cm³/mol. The largest absolute Gasteiger partial charge is 0.494 e. The number of rotatable bonds is 5. The number of nitrogens with zero attached hydrogens (tertiary/aromatic N) is 1. The normalized spacial score (nSPS) is 19.5. The smallest absolute Gasteiger partial charge is 0.407 e. The van der Waals surface area contributed by atoms with Gasteiger partial charge in [0.25, 0.3) is 0 Å². The summed E-state index contributed by atoms with van der Waals surface area (Å²) in [7, 11) is 1.42. The SMILES string of the molecule is COc1ccc2ncc(Cl)c(C=CC[C@@H]3CC[C@@H](NC(=O)OC(C)(C)C)CO3)c2c1F. The Morgan fingerprint density at radius 2 is 2.16 bits per heavy atom. The number of nitrogens with one attached hydrogen (secondary N) is 1. The van der Waals surface area contributed by atoms with E-state index in [-0.39, 0.29) is 17.9 Å². The van der Waals surface area contributed by atoms with Gasteiger partial charge in [0.05, 0.1) is 36.4 Å². The first kappa shape index (κ1) is 23.3. The summed E-state index contributed by atoms with van der Waals surface area (Å²) in [5, 5.41) is 3.53. The molecule has 1 aromatic heterocycles. The summed E-state index contributed by atoms with van der Waals surface area (Å²) in [6, 6.07) is 3.17. The maximum Gasteiger partial charge on any atom is 0.407 e. The van der Waals surface area contributed by atoms with Gasteiger partial charge < -0.3 is 19.5 Å². The number of hydrogen-bond acceptors (Lipinski definition) is 5. The quantitative estimate of drug-likeness (QED) is 0.650. The van der Waals surface area contributed by atoms with Crippen LogP contribution in [0.25, 0.3) is 17.0 Å². The number of amides is 1. The standard InChI is InChI=1S/C23H28ClFN2O4/c1-23(2,3)31-22(28)27-14-8-9-15(30-13-14)6-5-7-16-17(24)12-26-18-10-11-19(29-4)21(25)20(16)18/h5,7,10-12,14-15H,6,8-9,13H2,1-4H3,(H,27,28)/t14-,15-/m1/s1. The van der Waals surface area contributed by atoms with E-state index >= 15 is 0 Å². The second-order valence-electron chi connectivity index (χ2n) is 8.51. The number of pyridine rings is 1. The van der Waals surface area contributed by atoms with Crippen LogP contribution < -0.4 is 10.1 Å². The van der Waals surface area contributed by atoms with Crippen LogP contribution >= 0.6 is 11.6 Å². The zero-order valence-corrected chi connectivity index (χ0v) is 19.0. The van der Waals surface area contributed by atoms with Gasteiger partial charge in [-0.3, -0.25) is 4.98 Å². The molecule has 3 rings (SSSR count). The molecular formula is C23H28ClFN2O4. The molecule has 0 unspecified atom stereocenters. The van der Waals surface area contributed by atoms with Crippen molar-refractivity contribution in [2.45, 2.75) is 57.8 Å². The molecule has 1 aliphatic heterocycles. The Morgan fingerprint density at radius 1 is 1.39 bits per heavy atom. The first-order valence-corrected chi connectivity index (χ1v) is 10.6. The van der Waals surface area contributed by atoms with Crippen molar-refractivity contribution >= 4 is 34.7 Å². The van der Waals surface area contributed by atoms with Crippen molar-refractivity contribution in [2.24, 2.45) is 0 Å². The third-order valence-electron chi connectivity index (χ3n) is 4.92. The fraction of sp³-hybridized carbons (Fsp3) is 0.478. The van der Waals surface area contributed by atoms with Crippen molar-refractivity contribution in [3.63, 3.8) is 0 Å². The molecule has 2 heterocycles. The Hall–Kier alpha value is -2.38. The lowest BCUT2D eigenvalue weighted by Gasteiger charge is -2.30. The van der Waals surface area contributed by atoms with E-state index in [2.05, 4.69) is 10.3 Å². The lowest BCUT2D eigenvalue weighted by Crippen LogP contribution is -2.44. The van der Waals surface area contributed by atoms with Crippen molar-refractivity contribution in [2.75, 3.05) is 13.7 Å². The molecule has 1 aliphatic rings. The second kappa shape index (κ2) is 9.83. The Labute approximate surface area is 186 Å². The second-order valence-corrected chi connectivity index (χ2v) is 8.92. The molecule has 0 bridgehead atoms. The van der Waals surface area contributed by atoms with Crippen LogP contribution in [-0.2, 0) is 9.47 Å². The average Bonchev–Trinajstić information content (AvgIpc) is 2.70. The van der Waals surface area contributed by atoms with E-state index in [9.17, 15) is 9.18 Å². The van der Waals surface area contributed by atoms with E-state index in [4.69, 9.17) is 25.8 Å². The number of fused-ring (bicyclic) bond motifs is 1. The van der Waals surface area contributed by atoms with E-state index < -0.39 is 17.5 Å². The highest BCUT2D eigenvalue weighted by Crippen LogP contribution is 2.32.